The molecule has 2 rings (SSSR count). The number of rotatable bonds is 4. The van der Waals surface area contributed by atoms with Gasteiger partial charge in [-0.25, -0.2) is 0 Å². The molecule has 0 aromatic heterocycles. The Morgan fingerprint density at radius 3 is 2.55 bits per heavy atom. The Hall–Kier alpha value is -2.40. The van der Waals surface area contributed by atoms with Crippen molar-refractivity contribution in [3.8, 4) is 0 Å². The van der Waals surface area contributed by atoms with Crippen molar-refractivity contribution in [1.82, 2.24) is 5.32 Å². The van der Waals surface area contributed by atoms with Crippen molar-refractivity contribution >= 4 is 29.0 Å². The summed E-state index contributed by atoms with van der Waals surface area (Å²) in [6, 6.07) is 16.2. The lowest BCUT2D eigenvalue weighted by atomic mass is 10.2. The minimum absolute atomic E-state index is 0.112. The zero-order valence-corrected chi connectivity index (χ0v) is 11.4. The molecular formula is C15H13N2O2S-. The van der Waals surface area contributed by atoms with Gasteiger partial charge >= 0.3 is 0 Å². The molecule has 0 atom stereocenters. The van der Waals surface area contributed by atoms with Crippen LogP contribution < -0.4 is 15.7 Å². The Balaban J connectivity index is 1.91. The van der Waals surface area contributed by atoms with Crippen LogP contribution in [0.4, 0.5) is 5.69 Å². The Kier molecular flexibility index (Phi) is 4.68. The van der Waals surface area contributed by atoms with Crippen LogP contribution >= 0.6 is 12.2 Å². The molecule has 0 fully saturated rings. The number of carboxylic acids is 1. The molecule has 0 saturated heterocycles. The highest BCUT2D eigenvalue weighted by molar-refractivity contribution is 7.80. The van der Waals surface area contributed by atoms with E-state index in [2.05, 4.69) is 10.6 Å². The average Bonchev–Trinajstić information content (AvgIpc) is 2.46. The first-order chi connectivity index (χ1) is 9.65. The topological polar surface area (TPSA) is 64.2 Å². The highest BCUT2D eigenvalue weighted by atomic mass is 32.1. The number of carbonyl (C=O) groups excluding carboxylic acids is 1. The van der Waals surface area contributed by atoms with Gasteiger partial charge in [0.25, 0.3) is 0 Å². The fourth-order valence-corrected chi connectivity index (χ4v) is 1.87. The van der Waals surface area contributed by atoms with E-state index in [9.17, 15) is 9.90 Å². The van der Waals surface area contributed by atoms with Crippen LogP contribution in [-0.2, 0) is 6.54 Å². The highest BCUT2D eigenvalue weighted by Gasteiger charge is 2.00. The maximum absolute atomic E-state index is 10.8. The van der Waals surface area contributed by atoms with Crippen LogP contribution in [-0.4, -0.2) is 11.1 Å². The third-order valence-electron chi connectivity index (χ3n) is 2.65. The molecule has 5 heteroatoms. The molecule has 0 aliphatic rings. The third-order valence-corrected chi connectivity index (χ3v) is 2.90. The first-order valence-electron chi connectivity index (χ1n) is 6.05. The molecule has 0 amide bonds. The SMILES string of the molecule is O=C([O-])c1cccc(NC(=S)NCc2ccccc2)c1. The van der Waals surface area contributed by atoms with E-state index in [1.54, 1.807) is 12.1 Å². The van der Waals surface area contributed by atoms with Gasteiger partial charge in [0.2, 0.25) is 0 Å². The molecule has 0 aliphatic heterocycles. The maximum Gasteiger partial charge on any atom is 0.171 e. The second kappa shape index (κ2) is 6.68. The summed E-state index contributed by atoms with van der Waals surface area (Å²) in [5.41, 5.74) is 1.83. The van der Waals surface area contributed by atoms with E-state index >= 15 is 0 Å². The van der Waals surface area contributed by atoms with Gasteiger partial charge in [-0.1, -0.05) is 42.5 Å². The van der Waals surface area contributed by atoms with E-state index in [-0.39, 0.29) is 5.56 Å². The second-order valence-electron chi connectivity index (χ2n) is 4.16. The average molecular weight is 285 g/mol. The van der Waals surface area contributed by atoms with Gasteiger partial charge in [-0.3, -0.25) is 0 Å². The zero-order chi connectivity index (χ0) is 14.4. The van der Waals surface area contributed by atoms with Crippen LogP contribution in [0.3, 0.4) is 0 Å². The van der Waals surface area contributed by atoms with Gasteiger partial charge in [-0.05, 0) is 35.5 Å². The Labute approximate surface area is 122 Å². The Bertz CT molecular complexity index is 614. The number of benzene rings is 2. The second-order valence-corrected chi connectivity index (χ2v) is 4.57. The summed E-state index contributed by atoms with van der Waals surface area (Å²) in [7, 11) is 0. The van der Waals surface area contributed by atoms with Crippen molar-refractivity contribution in [3.63, 3.8) is 0 Å². The number of hydrogen-bond donors (Lipinski definition) is 2. The molecule has 0 saturated carbocycles. The van der Waals surface area contributed by atoms with Crippen molar-refractivity contribution < 1.29 is 9.90 Å². The summed E-state index contributed by atoms with van der Waals surface area (Å²) in [5, 5.41) is 17.2. The number of carboxylic acid groups (broad SMARTS) is 1. The number of aromatic carboxylic acids is 1. The fraction of sp³-hybridized carbons (Fsp3) is 0.0667. The lowest BCUT2D eigenvalue weighted by Gasteiger charge is -2.12. The predicted molar refractivity (Wildman–Crippen MR) is 80.3 cm³/mol. The van der Waals surface area contributed by atoms with E-state index in [0.717, 1.165) is 5.56 Å². The largest absolute Gasteiger partial charge is 0.545 e. The molecule has 2 aromatic rings. The van der Waals surface area contributed by atoms with Crippen LogP contribution in [0.5, 0.6) is 0 Å². The minimum atomic E-state index is -1.21. The number of nitrogens with one attached hydrogen (secondary N) is 2. The summed E-state index contributed by atoms with van der Waals surface area (Å²) < 4.78 is 0. The molecule has 2 N–H and O–H groups in total. The van der Waals surface area contributed by atoms with Gasteiger partial charge in [-0.15, -0.1) is 0 Å². The summed E-state index contributed by atoms with van der Waals surface area (Å²) >= 11 is 5.16. The first-order valence-corrected chi connectivity index (χ1v) is 6.46. The monoisotopic (exact) mass is 285 g/mol. The van der Waals surface area contributed by atoms with Crippen LogP contribution in [0, 0.1) is 0 Å². The van der Waals surface area contributed by atoms with Crippen LogP contribution in [0.2, 0.25) is 0 Å². The van der Waals surface area contributed by atoms with Crippen molar-refractivity contribution in [2.24, 2.45) is 0 Å². The molecule has 0 heterocycles. The van der Waals surface area contributed by atoms with E-state index in [0.29, 0.717) is 17.3 Å². The van der Waals surface area contributed by atoms with Crippen molar-refractivity contribution in [3.05, 3.63) is 65.7 Å². The molecule has 0 spiro atoms. The molecular weight excluding hydrogens is 272 g/mol. The first kappa shape index (κ1) is 14.0. The van der Waals surface area contributed by atoms with Gasteiger partial charge in [0.15, 0.2) is 5.11 Å². The van der Waals surface area contributed by atoms with E-state index < -0.39 is 5.97 Å². The predicted octanol–water partition coefficient (Wildman–Crippen LogP) is 1.54. The van der Waals surface area contributed by atoms with E-state index in [1.165, 1.54) is 12.1 Å². The van der Waals surface area contributed by atoms with E-state index in [1.807, 2.05) is 30.3 Å². The maximum atomic E-state index is 10.8. The number of carbonyl (C=O) groups is 1. The van der Waals surface area contributed by atoms with Crippen LogP contribution in [0.15, 0.2) is 54.6 Å². The summed E-state index contributed by atoms with van der Waals surface area (Å²) in [6.45, 7) is 0.604. The Morgan fingerprint density at radius 1 is 1.10 bits per heavy atom. The van der Waals surface area contributed by atoms with Crippen LogP contribution in [0.1, 0.15) is 15.9 Å². The van der Waals surface area contributed by atoms with Gasteiger partial charge in [0.05, 0.1) is 5.97 Å². The number of anilines is 1. The van der Waals surface area contributed by atoms with Gasteiger partial charge < -0.3 is 20.5 Å². The summed E-state index contributed by atoms with van der Waals surface area (Å²) in [5.74, 6) is -1.21. The molecule has 20 heavy (non-hydrogen) atoms. The van der Waals surface area contributed by atoms with Crippen LogP contribution in [0.25, 0.3) is 0 Å². The number of hydrogen-bond acceptors (Lipinski definition) is 3. The highest BCUT2D eigenvalue weighted by Crippen LogP contribution is 2.10. The van der Waals surface area contributed by atoms with E-state index in [4.69, 9.17) is 12.2 Å². The van der Waals surface area contributed by atoms with Crippen molar-refractivity contribution in [2.75, 3.05) is 5.32 Å². The third kappa shape index (κ3) is 4.07. The molecule has 2 aromatic carbocycles. The lowest BCUT2D eigenvalue weighted by Crippen LogP contribution is -2.28. The van der Waals surface area contributed by atoms with Gasteiger partial charge in [0, 0.05) is 12.2 Å². The van der Waals surface area contributed by atoms with Crippen molar-refractivity contribution in [2.45, 2.75) is 6.54 Å². The van der Waals surface area contributed by atoms with Gasteiger partial charge in [0.1, 0.15) is 0 Å². The zero-order valence-electron chi connectivity index (χ0n) is 10.6. The smallest absolute Gasteiger partial charge is 0.171 e. The fourth-order valence-electron chi connectivity index (χ4n) is 1.68. The molecule has 4 nitrogen and oxygen atoms in total. The molecule has 102 valence electrons. The lowest BCUT2D eigenvalue weighted by molar-refractivity contribution is -0.255. The molecule has 0 aliphatic carbocycles. The normalized spacial score (nSPS) is 9.80. The van der Waals surface area contributed by atoms with Crippen molar-refractivity contribution in [1.29, 1.82) is 0 Å². The van der Waals surface area contributed by atoms with Gasteiger partial charge in [-0.2, -0.15) is 0 Å². The summed E-state index contributed by atoms with van der Waals surface area (Å²) in [4.78, 5) is 10.8. The molecule has 0 radical (unpaired) electrons. The Morgan fingerprint density at radius 2 is 1.85 bits per heavy atom. The molecule has 0 bridgehead atoms. The minimum Gasteiger partial charge on any atom is -0.545 e. The number of thiocarbonyl (C=S) groups is 1. The standard InChI is InChI=1S/C15H14N2O2S/c18-14(19)12-7-4-8-13(9-12)17-15(20)16-10-11-5-2-1-3-6-11/h1-9H,10H2,(H,18,19)(H2,16,17,20)/p-1. The quantitative estimate of drug-likeness (QED) is 0.834. The molecule has 0 unspecified atom stereocenters. The summed E-state index contributed by atoms with van der Waals surface area (Å²) in [6.07, 6.45) is 0.